The van der Waals surface area contributed by atoms with Crippen LogP contribution in [-0.4, -0.2) is 18.8 Å². The average Bonchev–Trinajstić information content (AvgIpc) is 2.25. The van der Waals surface area contributed by atoms with Gasteiger partial charge in [0.15, 0.2) is 5.75 Å². The van der Waals surface area contributed by atoms with Crippen LogP contribution in [0.25, 0.3) is 0 Å². The summed E-state index contributed by atoms with van der Waals surface area (Å²) in [5, 5.41) is 11.7. The van der Waals surface area contributed by atoms with E-state index in [0.29, 0.717) is 5.69 Å². The van der Waals surface area contributed by atoms with Gasteiger partial charge in [-0.2, -0.15) is 5.26 Å². The van der Waals surface area contributed by atoms with E-state index >= 15 is 0 Å². The zero-order valence-corrected chi connectivity index (χ0v) is 12.0. The van der Waals surface area contributed by atoms with Gasteiger partial charge in [-0.15, -0.1) is 0 Å². The molecule has 1 aromatic rings. The van der Waals surface area contributed by atoms with Crippen molar-refractivity contribution in [2.24, 2.45) is 0 Å². The lowest BCUT2D eigenvalue weighted by Gasteiger charge is -2.20. The maximum atomic E-state index is 11.6. The van der Waals surface area contributed by atoms with Crippen LogP contribution in [0.15, 0.2) is 12.1 Å². The number of halogens is 1. The van der Waals surface area contributed by atoms with Gasteiger partial charge in [-0.25, -0.2) is 4.79 Å². The number of nitrogens with one attached hydrogen (secondary N) is 1. The van der Waals surface area contributed by atoms with Crippen molar-refractivity contribution in [2.75, 3.05) is 12.4 Å². The lowest BCUT2D eigenvalue weighted by atomic mass is 10.2. The fourth-order valence-corrected chi connectivity index (χ4v) is 1.67. The molecule has 19 heavy (non-hydrogen) atoms. The molecule has 0 saturated heterocycles. The van der Waals surface area contributed by atoms with Crippen molar-refractivity contribution < 1.29 is 14.3 Å². The molecule has 5 nitrogen and oxygen atoms in total. The first-order valence-electron chi connectivity index (χ1n) is 5.54. The Kier molecular flexibility index (Phi) is 4.62. The van der Waals surface area contributed by atoms with E-state index in [0.717, 1.165) is 0 Å². The van der Waals surface area contributed by atoms with Crippen LogP contribution in [0.5, 0.6) is 5.75 Å². The van der Waals surface area contributed by atoms with Gasteiger partial charge >= 0.3 is 6.09 Å². The molecule has 0 atom stereocenters. The van der Waals surface area contributed by atoms with Crippen LogP contribution >= 0.6 is 11.6 Å². The van der Waals surface area contributed by atoms with Crippen molar-refractivity contribution in [3.05, 3.63) is 22.7 Å². The quantitative estimate of drug-likeness (QED) is 0.900. The predicted molar refractivity (Wildman–Crippen MR) is 72.6 cm³/mol. The summed E-state index contributed by atoms with van der Waals surface area (Å²) in [4.78, 5) is 11.6. The Morgan fingerprint density at radius 1 is 1.42 bits per heavy atom. The Labute approximate surface area is 117 Å². The van der Waals surface area contributed by atoms with Crippen molar-refractivity contribution in [1.29, 1.82) is 5.26 Å². The van der Waals surface area contributed by atoms with Crippen LogP contribution in [0.4, 0.5) is 10.5 Å². The number of nitriles is 1. The fourth-order valence-electron chi connectivity index (χ4n) is 1.38. The van der Waals surface area contributed by atoms with Gasteiger partial charge in [0, 0.05) is 5.69 Å². The highest BCUT2D eigenvalue weighted by molar-refractivity contribution is 6.32. The molecule has 0 heterocycles. The van der Waals surface area contributed by atoms with Crippen molar-refractivity contribution in [3.8, 4) is 11.8 Å². The zero-order chi connectivity index (χ0) is 14.6. The molecule has 6 heteroatoms. The topological polar surface area (TPSA) is 71.3 Å². The average molecular weight is 283 g/mol. The Morgan fingerprint density at radius 3 is 2.53 bits per heavy atom. The van der Waals surface area contributed by atoms with Gasteiger partial charge in [-0.3, -0.25) is 5.32 Å². The smallest absolute Gasteiger partial charge is 0.412 e. The summed E-state index contributed by atoms with van der Waals surface area (Å²) >= 11 is 5.96. The summed E-state index contributed by atoms with van der Waals surface area (Å²) in [6, 6.07) is 4.91. The van der Waals surface area contributed by atoms with Crippen molar-refractivity contribution in [1.82, 2.24) is 0 Å². The molecule has 0 aliphatic rings. The van der Waals surface area contributed by atoms with Crippen LogP contribution in [-0.2, 0) is 4.74 Å². The van der Waals surface area contributed by atoms with Crippen molar-refractivity contribution >= 4 is 23.4 Å². The van der Waals surface area contributed by atoms with E-state index < -0.39 is 11.7 Å². The predicted octanol–water partition coefficient (Wildman–Crippen LogP) is 3.57. The second-order valence-corrected chi connectivity index (χ2v) is 5.18. The third-order valence-electron chi connectivity index (χ3n) is 2.01. The number of amides is 1. The Balaban J connectivity index is 2.95. The molecule has 0 unspecified atom stereocenters. The highest BCUT2D eigenvalue weighted by atomic mass is 35.5. The van der Waals surface area contributed by atoms with Crippen LogP contribution in [0.3, 0.4) is 0 Å². The normalized spacial score (nSPS) is 10.5. The van der Waals surface area contributed by atoms with Crippen molar-refractivity contribution in [3.63, 3.8) is 0 Å². The first-order valence-corrected chi connectivity index (χ1v) is 5.92. The van der Waals surface area contributed by atoms with E-state index in [4.69, 9.17) is 26.3 Å². The summed E-state index contributed by atoms with van der Waals surface area (Å²) in [5.74, 6) is 0.277. The molecule has 0 spiro atoms. The van der Waals surface area contributed by atoms with Gasteiger partial charge < -0.3 is 9.47 Å². The largest absolute Gasteiger partial charge is 0.494 e. The molecule has 0 fully saturated rings. The number of nitrogens with zero attached hydrogens (tertiary/aromatic N) is 1. The monoisotopic (exact) mass is 282 g/mol. The van der Waals surface area contributed by atoms with Gasteiger partial charge in [-0.1, -0.05) is 11.6 Å². The third kappa shape index (κ3) is 4.34. The SMILES string of the molecule is COc1c(Cl)cc(NC(=O)OC(C)(C)C)cc1C#N. The Bertz CT molecular complexity index is 530. The second kappa shape index (κ2) is 5.81. The number of methoxy groups -OCH3 is 1. The summed E-state index contributed by atoms with van der Waals surface area (Å²) in [6.07, 6.45) is -0.613. The van der Waals surface area contributed by atoms with Crippen LogP contribution in [0, 0.1) is 11.3 Å². The molecule has 0 saturated carbocycles. The maximum Gasteiger partial charge on any atom is 0.412 e. The van der Waals surface area contributed by atoms with E-state index in [1.807, 2.05) is 6.07 Å². The molecule has 0 aliphatic carbocycles. The van der Waals surface area contributed by atoms with Gasteiger partial charge in [0.1, 0.15) is 11.7 Å². The van der Waals surface area contributed by atoms with E-state index in [9.17, 15) is 4.79 Å². The molecule has 102 valence electrons. The van der Waals surface area contributed by atoms with Crippen LogP contribution in [0.2, 0.25) is 5.02 Å². The fraction of sp³-hybridized carbons (Fsp3) is 0.385. The molecule has 1 aromatic carbocycles. The van der Waals surface area contributed by atoms with Crippen molar-refractivity contribution in [2.45, 2.75) is 26.4 Å². The minimum absolute atomic E-state index is 0.237. The lowest BCUT2D eigenvalue weighted by molar-refractivity contribution is 0.0636. The van der Waals surface area contributed by atoms with Gasteiger partial charge in [0.05, 0.1) is 17.7 Å². The molecular weight excluding hydrogens is 268 g/mol. The number of hydrogen-bond acceptors (Lipinski definition) is 4. The van der Waals surface area contributed by atoms with Crippen LogP contribution < -0.4 is 10.1 Å². The van der Waals surface area contributed by atoms with Crippen LogP contribution in [0.1, 0.15) is 26.3 Å². The molecule has 0 radical (unpaired) electrons. The molecule has 1 amide bonds. The number of rotatable bonds is 2. The molecule has 1 N–H and O–H groups in total. The molecular formula is C13H15ClN2O3. The highest BCUT2D eigenvalue weighted by Crippen LogP contribution is 2.31. The first kappa shape index (κ1) is 15.1. The summed E-state index contributed by atoms with van der Waals surface area (Å²) in [5.41, 5.74) is 0.0101. The number of carbonyl (C=O) groups is 1. The zero-order valence-electron chi connectivity index (χ0n) is 11.2. The minimum Gasteiger partial charge on any atom is -0.494 e. The third-order valence-corrected chi connectivity index (χ3v) is 2.29. The summed E-state index contributed by atoms with van der Waals surface area (Å²) in [6.45, 7) is 5.27. The van der Waals surface area contributed by atoms with Gasteiger partial charge in [0.2, 0.25) is 0 Å². The van der Waals surface area contributed by atoms with Gasteiger partial charge in [-0.05, 0) is 32.9 Å². The number of benzene rings is 1. The first-order chi connectivity index (χ1) is 8.76. The molecule has 1 rings (SSSR count). The number of carbonyl (C=O) groups excluding carboxylic acids is 1. The molecule has 0 bridgehead atoms. The molecule has 0 aliphatic heterocycles. The van der Waals surface area contributed by atoms with E-state index in [1.54, 1.807) is 20.8 Å². The maximum absolute atomic E-state index is 11.6. The Morgan fingerprint density at radius 2 is 2.05 bits per heavy atom. The highest BCUT2D eigenvalue weighted by Gasteiger charge is 2.17. The van der Waals surface area contributed by atoms with E-state index in [1.165, 1.54) is 19.2 Å². The standard InChI is InChI=1S/C13H15ClN2O3/c1-13(2,3)19-12(17)16-9-5-8(7-15)11(18-4)10(14)6-9/h5-6H,1-4H3,(H,16,17). The number of anilines is 1. The minimum atomic E-state index is -0.613. The van der Waals surface area contributed by atoms with Gasteiger partial charge in [0.25, 0.3) is 0 Å². The summed E-state index contributed by atoms with van der Waals surface area (Å²) in [7, 11) is 1.42. The van der Waals surface area contributed by atoms with E-state index in [2.05, 4.69) is 5.32 Å². The second-order valence-electron chi connectivity index (χ2n) is 4.78. The number of ether oxygens (including phenoxy) is 2. The molecule has 0 aromatic heterocycles. The lowest BCUT2D eigenvalue weighted by Crippen LogP contribution is -2.27. The Hall–Kier alpha value is -1.93. The number of hydrogen-bond donors (Lipinski definition) is 1. The summed E-state index contributed by atoms with van der Waals surface area (Å²) < 4.78 is 10.1. The van der Waals surface area contributed by atoms with E-state index in [-0.39, 0.29) is 16.3 Å².